The minimum atomic E-state index is 0.275. The Hall–Kier alpha value is -2.50. The average Bonchev–Trinajstić information content (AvgIpc) is 2.95. The number of fused-ring (bicyclic) bond motifs is 1. The molecule has 6 heteroatoms. The van der Waals surface area contributed by atoms with Gasteiger partial charge in [-0.2, -0.15) is 0 Å². The quantitative estimate of drug-likeness (QED) is 0.880. The van der Waals surface area contributed by atoms with E-state index in [0.717, 1.165) is 47.5 Å². The molecule has 21 heavy (non-hydrogen) atoms. The van der Waals surface area contributed by atoms with Crippen molar-refractivity contribution in [3.05, 3.63) is 30.1 Å². The third-order valence-corrected chi connectivity index (χ3v) is 3.15. The second-order valence-electron chi connectivity index (χ2n) is 4.75. The summed E-state index contributed by atoms with van der Waals surface area (Å²) < 4.78 is 10.7. The Kier molecular flexibility index (Phi) is 3.77. The molecule has 110 valence electrons. The molecule has 0 saturated heterocycles. The van der Waals surface area contributed by atoms with E-state index in [0.29, 0.717) is 0 Å². The SMILES string of the molecule is CCCc1nc(NC)cc(Nc2ccc3c(c2)OCO3)n1. The van der Waals surface area contributed by atoms with Crippen molar-refractivity contribution < 1.29 is 9.47 Å². The average molecular weight is 286 g/mol. The lowest BCUT2D eigenvalue weighted by molar-refractivity contribution is 0.174. The molecule has 0 saturated carbocycles. The van der Waals surface area contributed by atoms with Crippen LogP contribution in [0, 0.1) is 0 Å². The van der Waals surface area contributed by atoms with E-state index in [9.17, 15) is 0 Å². The molecule has 0 aliphatic carbocycles. The molecular weight excluding hydrogens is 268 g/mol. The predicted octanol–water partition coefficient (Wildman–Crippen LogP) is 2.94. The highest BCUT2D eigenvalue weighted by atomic mass is 16.7. The lowest BCUT2D eigenvalue weighted by Crippen LogP contribution is -2.03. The number of nitrogens with one attached hydrogen (secondary N) is 2. The number of hydrogen-bond donors (Lipinski definition) is 2. The fourth-order valence-electron chi connectivity index (χ4n) is 2.15. The van der Waals surface area contributed by atoms with Crippen molar-refractivity contribution >= 4 is 17.3 Å². The number of nitrogens with zero attached hydrogens (tertiary/aromatic N) is 2. The van der Waals surface area contributed by atoms with Crippen LogP contribution in [-0.2, 0) is 6.42 Å². The lowest BCUT2D eigenvalue weighted by atomic mass is 10.2. The molecule has 1 aliphatic rings. The van der Waals surface area contributed by atoms with Crippen molar-refractivity contribution in [1.82, 2.24) is 9.97 Å². The maximum atomic E-state index is 5.38. The van der Waals surface area contributed by atoms with Gasteiger partial charge in [0, 0.05) is 31.3 Å². The van der Waals surface area contributed by atoms with Crippen LogP contribution in [0.15, 0.2) is 24.3 Å². The summed E-state index contributed by atoms with van der Waals surface area (Å²) in [5, 5.41) is 6.34. The molecule has 0 amide bonds. The van der Waals surface area contributed by atoms with E-state index in [1.54, 1.807) is 0 Å². The highest BCUT2D eigenvalue weighted by molar-refractivity contribution is 5.63. The van der Waals surface area contributed by atoms with Gasteiger partial charge in [0.05, 0.1) is 0 Å². The number of ether oxygens (including phenoxy) is 2. The first-order valence-corrected chi connectivity index (χ1v) is 7.01. The molecule has 0 spiro atoms. The smallest absolute Gasteiger partial charge is 0.231 e. The second-order valence-corrected chi connectivity index (χ2v) is 4.75. The molecule has 0 fully saturated rings. The molecule has 0 bridgehead atoms. The van der Waals surface area contributed by atoms with Crippen molar-refractivity contribution in [1.29, 1.82) is 0 Å². The summed E-state index contributed by atoms with van der Waals surface area (Å²) in [7, 11) is 1.85. The largest absolute Gasteiger partial charge is 0.454 e. The molecule has 3 rings (SSSR count). The van der Waals surface area contributed by atoms with E-state index >= 15 is 0 Å². The summed E-state index contributed by atoms with van der Waals surface area (Å²) in [5.41, 5.74) is 0.905. The molecule has 2 heterocycles. The van der Waals surface area contributed by atoms with E-state index in [-0.39, 0.29) is 6.79 Å². The summed E-state index contributed by atoms with van der Waals surface area (Å²) in [6.45, 7) is 2.39. The summed E-state index contributed by atoms with van der Waals surface area (Å²) >= 11 is 0. The molecule has 1 aromatic carbocycles. The third kappa shape index (κ3) is 2.99. The zero-order valence-corrected chi connectivity index (χ0v) is 12.1. The normalized spacial score (nSPS) is 12.3. The minimum absolute atomic E-state index is 0.275. The van der Waals surface area contributed by atoms with Gasteiger partial charge in [-0.1, -0.05) is 6.92 Å². The van der Waals surface area contributed by atoms with Crippen LogP contribution in [0.4, 0.5) is 17.3 Å². The monoisotopic (exact) mass is 286 g/mol. The Labute approximate surface area is 123 Å². The lowest BCUT2D eigenvalue weighted by Gasteiger charge is -2.10. The number of rotatable bonds is 5. The van der Waals surface area contributed by atoms with Gasteiger partial charge in [-0.05, 0) is 18.6 Å². The predicted molar refractivity (Wildman–Crippen MR) is 81.4 cm³/mol. The van der Waals surface area contributed by atoms with Crippen LogP contribution in [0.25, 0.3) is 0 Å². The van der Waals surface area contributed by atoms with E-state index in [1.807, 2.05) is 31.3 Å². The van der Waals surface area contributed by atoms with Gasteiger partial charge in [-0.15, -0.1) is 0 Å². The van der Waals surface area contributed by atoms with Crippen molar-refractivity contribution in [2.75, 3.05) is 24.5 Å². The zero-order valence-electron chi connectivity index (χ0n) is 12.1. The van der Waals surface area contributed by atoms with Crippen LogP contribution in [0.1, 0.15) is 19.2 Å². The van der Waals surface area contributed by atoms with Crippen LogP contribution in [0.3, 0.4) is 0 Å². The van der Waals surface area contributed by atoms with Gasteiger partial charge in [-0.25, -0.2) is 9.97 Å². The van der Waals surface area contributed by atoms with Crippen LogP contribution in [0.2, 0.25) is 0 Å². The van der Waals surface area contributed by atoms with Crippen LogP contribution in [-0.4, -0.2) is 23.8 Å². The Morgan fingerprint density at radius 3 is 2.71 bits per heavy atom. The van der Waals surface area contributed by atoms with Gasteiger partial charge in [-0.3, -0.25) is 0 Å². The summed E-state index contributed by atoms with van der Waals surface area (Å²) in [6, 6.07) is 7.61. The van der Waals surface area contributed by atoms with Gasteiger partial charge < -0.3 is 20.1 Å². The number of aryl methyl sites for hydroxylation is 1. The molecule has 2 N–H and O–H groups in total. The molecular formula is C15H18N4O2. The first kappa shape index (κ1) is 13.5. The fourth-order valence-corrected chi connectivity index (χ4v) is 2.15. The molecule has 2 aromatic rings. The molecule has 0 unspecified atom stereocenters. The van der Waals surface area contributed by atoms with Gasteiger partial charge in [0.15, 0.2) is 11.5 Å². The van der Waals surface area contributed by atoms with Crippen LogP contribution in [0.5, 0.6) is 11.5 Å². The first-order chi connectivity index (χ1) is 10.3. The summed E-state index contributed by atoms with van der Waals surface area (Å²) in [4.78, 5) is 8.96. The Balaban J connectivity index is 1.85. The van der Waals surface area contributed by atoms with E-state index in [2.05, 4.69) is 27.5 Å². The topological polar surface area (TPSA) is 68.3 Å². The maximum absolute atomic E-state index is 5.38. The maximum Gasteiger partial charge on any atom is 0.231 e. The Morgan fingerprint density at radius 2 is 1.90 bits per heavy atom. The second kappa shape index (κ2) is 5.87. The highest BCUT2D eigenvalue weighted by Gasteiger charge is 2.13. The van der Waals surface area contributed by atoms with Gasteiger partial charge in [0.1, 0.15) is 17.5 Å². The van der Waals surface area contributed by atoms with E-state index in [4.69, 9.17) is 9.47 Å². The fraction of sp³-hybridized carbons (Fsp3) is 0.333. The Bertz CT molecular complexity index is 646. The third-order valence-electron chi connectivity index (χ3n) is 3.15. The van der Waals surface area contributed by atoms with Crippen molar-refractivity contribution in [3.63, 3.8) is 0 Å². The molecule has 1 aliphatic heterocycles. The number of hydrogen-bond acceptors (Lipinski definition) is 6. The van der Waals surface area contributed by atoms with Crippen molar-refractivity contribution in [2.45, 2.75) is 19.8 Å². The van der Waals surface area contributed by atoms with Gasteiger partial charge in [0.25, 0.3) is 0 Å². The van der Waals surface area contributed by atoms with Gasteiger partial charge in [0.2, 0.25) is 6.79 Å². The number of benzene rings is 1. The summed E-state index contributed by atoms with van der Waals surface area (Å²) in [5.74, 6) is 3.91. The molecule has 0 radical (unpaired) electrons. The van der Waals surface area contributed by atoms with Crippen LogP contribution >= 0.6 is 0 Å². The van der Waals surface area contributed by atoms with Crippen molar-refractivity contribution in [2.24, 2.45) is 0 Å². The summed E-state index contributed by atoms with van der Waals surface area (Å²) in [6.07, 6.45) is 1.86. The first-order valence-electron chi connectivity index (χ1n) is 7.01. The molecule has 6 nitrogen and oxygen atoms in total. The molecule has 0 atom stereocenters. The van der Waals surface area contributed by atoms with Gasteiger partial charge >= 0.3 is 0 Å². The Morgan fingerprint density at radius 1 is 1.10 bits per heavy atom. The number of aromatic nitrogens is 2. The van der Waals surface area contributed by atoms with E-state index < -0.39 is 0 Å². The van der Waals surface area contributed by atoms with Crippen LogP contribution < -0.4 is 20.1 Å². The standard InChI is InChI=1S/C15H18N4O2/c1-3-4-13-18-14(16-2)8-15(19-13)17-10-5-6-11-12(7-10)21-9-20-11/h5-8H,3-4,9H2,1-2H3,(H2,16,17,18,19). The molecule has 1 aromatic heterocycles. The highest BCUT2D eigenvalue weighted by Crippen LogP contribution is 2.35. The number of anilines is 3. The van der Waals surface area contributed by atoms with Crippen molar-refractivity contribution in [3.8, 4) is 11.5 Å². The minimum Gasteiger partial charge on any atom is -0.454 e. The zero-order chi connectivity index (χ0) is 14.7. The van der Waals surface area contributed by atoms with E-state index in [1.165, 1.54) is 0 Å².